The van der Waals surface area contributed by atoms with Crippen LogP contribution < -0.4 is 10.6 Å². The van der Waals surface area contributed by atoms with Gasteiger partial charge in [0.25, 0.3) is 5.91 Å². The zero-order valence-corrected chi connectivity index (χ0v) is 17.0. The van der Waals surface area contributed by atoms with Crippen molar-refractivity contribution in [2.75, 3.05) is 11.9 Å². The number of carbonyl (C=O) groups excluding carboxylic acids is 2. The molecule has 0 bridgehead atoms. The van der Waals surface area contributed by atoms with E-state index in [0.29, 0.717) is 23.6 Å². The number of aromatic nitrogens is 1. The van der Waals surface area contributed by atoms with Gasteiger partial charge < -0.3 is 15.2 Å². The van der Waals surface area contributed by atoms with Crippen molar-refractivity contribution in [1.82, 2.24) is 10.5 Å². The molecule has 0 aliphatic heterocycles. The fraction of sp³-hybridized carbons (Fsp3) is 0.286. The molecule has 28 heavy (non-hydrogen) atoms. The van der Waals surface area contributed by atoms with Gasteiger partial charge in [0.05, 0.1) is 12.1 Å². The Bertz CT molecular complexity index is 990. The lowest BCUT2D eigenvalue weighted by Crippen LogP contribution is -2.26. The minimum Gasteiger partial charge on any atom is -0.361 e. The summed E-state index contributed by atoms with van der Waals surface area (Å²) < 4.78 is 5.07. The van der Waals surface area contributed by atoms with Gasteiger partial charge in [-0.2, -0.15) is 0 Å². The SMILES string of the molecule is Cc1cc(CC(=O)Nc2cc(C(=O)NCCc3sccc3C)ccc2C)on1. The lowest BCUT2D eigenvalue weighted by molar-refractivity contribution is -0.115. The Morgan fingerprint density at radius 1 is 1.11 bits per heavy atom. The highest BCUT2D eigenvalue weighted by atomic mass is 32.1. The van der Waals surface area contributed by atoms with Crippen molar-refractivity contribution in [3.05, 3.63) is 68.7 Å². The minimum atomic E-state index is -0.218. The first kappa shape index (κ1) is 19.8. The summed E-state index contributed by atoms with van der Waals surface area (Å²) in [6, 6.07) is 9.09. The second-order valence-corrected chi connectivity index (χ2v) is 7.72. The molecule has 1 aromatic carbocycles. The monoisotopic (exact) mass is 397 g/mol. The third-order valence-electron chi connectivity index (χ3n) is 4.39. The van der Waals surface area contributed by atoms with Crippen molar-refractivity contribution < 1.29 is 14.1 Å². The molecule has 0 saturated heterocycles. The van der Waals surface area contributed by atoms with Gasteiger partial charge in [-0.3, -0.25) is 9.59 Å². The number of nitrogens with zero attached hydrogens (tertiary/aromatic N) is 1. The molecular formula is C21H23N3O3S. The average molecular weight is 398 g/mol. The number of nitrogens with one attached hydrogen (secondary N) is 2. The zero-order valence-electron chi connectivity index (χ0n) is 16.2. The molecule has 0 radical (unpaired) electrons. The quantitative estimate of drug-likeness (QED) is 0.635. The minimum absolute atomic E-state index is 0.0941. The van der Waals surface area contributed by atoms with Crippen LogP contribution >= 0.6 is 11.3 Å². The van der Waals surface area contributed by atoms with Gasteiger partial charge in [0, 0.05) is 28.7 Å². The van der Waals surface area contributed by atoms with Gasteiger partial charge in [-0.1, -0.05) is 11.2 Å². The summed E-state index contributed by atoms with van der Waals surface area (Å²) in [4.78, 5) is 26.0. The number of rotatable bonds is 7. The van der Waals surface area contributed by atoms with Crippen molar-refractivity contribution in [2.45, 2.75) is 33.6 Å². The highest BCUT2D eigenvalue weighted by molar-refractivity contribution is 7.10. The molecule has 0 spiro atoms. The highest BCUT2D eigenvalue weighted by Gasteiger charge is 2.12. The number of anilines is 1. The number of benzene rings is 1. The molecule has 0 aliphatic rings. The first-order valence-corrected chi connectivity index (χ1v) is 9.94. The molecule has 0 saturated carbocycles. The fourth-order valence-electron chi connectivity index (χ4n) is 2.80. The first-order chi connectivity index (χ1) is 13.4. The summed E-state index contributed by atoms with van der Waals surface area (Å²) in [6.45, 7) is 6.33. The molecule has 7 heteroatoms. The Labute approximate surface area is 167 Å². The third-order valence-corrected chi connectivity index (χ3v) is 5.47. The number of hydrogen-bond acceptors (Lipinski definition) is 5. The van der Waals surface area contributed by atoms with Crippen molar-refractivity contribution in [3.63, 3.8) is 0 Å². The van der Waals surface area contributed by atoms with Gasteiger partial charge >= 0.3 is 0 Å². The topological polar surface area (TPSA) is 84.2 Å². The van der Waals surface area contributed by atoms with Gasteiger partial charge in [-0.25, -0.2) is 0 Å². The van der Waals surface area contributed by atoms with E-state index >= 15 is 0 Å². The third kappa shape index (κ3) is 5.07. The highest BCUT2D eigenvalue weighted by Crippen LogP contribution is 2.18. The molecule has 146 valence electrons. The molecule has 2 amide bonds. The standard InChI is InChI=1S/C21H23N3O3S/c1-13-4-5-16(21(26)22-8-6-19-14(2)7-9-28-19)11-18(13)23-20(25)12-17-10-15(3)24-27-17/h4-5,7,9-11H,6,8,12H2,1-3H3,(H,22,26)(H,23,25). The Morgan fingerprint density at radius 2 is 1.93 bits per heavy atom. The number of aryl methyl sites for hydroxylation is 3. The van der Waals surface area contributed by atoms with Crippen molar-refractivity contribution in [2.24, 2.45) is 0 Å². The molecule has 6 nitrogen and oxygen atoms in total. The summed E-state index contributed by atoms with van der Waals surface area (Å²) in [5.74, 6) is 0.131. The van der Waals surface area contributed by atoms with Gasteiger partial charge in [-0.05, 0) is 61.9 Å². The maximum absolute atomic E-state index is 12.5. The normalized spacial score (nSPS) is 10.7. The van der Waals surface area contributed by atoms with E-state index in [9.17, 15) is 9.59 Å². The molecule has 2 N–H and O–H groups in total. The van der Waals surface area contributed by atoms with Crippen molar-refractivity contribution in [3.8, 4) is 0 Å². The number of thiophene rings is 1. The van der Waals surface area contributed by atoms with E-state index in [1.165, 1.54) is 10.4 Å². The lowest BCUT2D eigenvalue weighted by atomic mass is 10.1. The van der Waals surface area contributed by atoms with Gasteiger partial charge in [0.2, 0.25) is 5.91 Å². The van der Waals surface area contributed by atoms with Gasteiger partial charge in [-0.15, -0.1) is 11.3 Å². The van der Waals surface area contributed by atoms with E-state index in [1.807, 2.05) is 13.0 Å². The molecule has 0 unspecified atom stereocenters. The summed E-state index contributed by atoms with van der Waals surface area (Å²) in [5, 5.41) is 11.6. The Morgan fingerprint density at radius 3 is 2.61 bits per heavy atom. The van der Waals surface area contributed by atoms with Crippen molar-refractivity contribution in [1.29, 1.82) is 0 Å². The van der Waals surface area contributed by atoms with Crippen LogP contribution in [0.5, 0.6) is 0 Å². The fourth-order valence-corrected chi connectivity index (χ4v) is 3.71. The van der Waals surface area contributed by atoms with E-state index in [-0.39, 0.29) is 18.2 Å². The van der Waals surface area contributed by atoms with Gasteiger partial charge in [0.15, 0.2) is 0 Å². The van der Waals surface area contributed by atoms with Crippen LogP contribution in [-0.4, -0.2) is 23.5 Å². The Kier molecular flexibility index (Phi) is 6.26. The van der Waals surface area contributed by atoms with Crippen LogP contribution in [0.1, 0.15) is 37.8 Å². The van der Waals surface area contributed by atoms with Crippen LogP contribution in [0.15, 0.2) is 40.2 Å². The van der Waals surface area contributed by atoms with Crippen LogP contribution in [0.25, 0.3) is 0 Å². The smallest absolute Gasteiger partial charge is 0.251 e. The van der Waals surface area contributed by atoms with E-state index in [1.54, 1.807) is 36.5 Å². The van der Waals surface area contributed by atoms with Crippen LogP contribution in [0, 0.1) is 20.8 Å². The largest absolute Gasteiger partial charge is 0.361 e. The molecular weight excluding hydrogens is 374 g/mol. The van der Waals surface area contributed by atoms with Crippen LogP contribution in [0.2, 0.25) is 0 Å². The maximum atomic E-state index is 12.5. The van der Waals surface area contributed by atoms with Gasteiger partial charge in [0.1, 0.15) is 5.76 Å². The summed E-state index contributed by atoms with van der Waals surface area (Å²) in [5.41, 5.74) is 3.99. The molecule has 0 fully saturated rings. The predicted molar refractivity (Wildman–Crippen MR) is 110 cm³/mol. The van der Waals surface area contributed by atoms with E-state index in [4.69, 9.17) is 4.52 Å². The molecule has 3 rings (SSSR count). The second-order valence-electron chi connectivity index (χ2n) is 6.72. The van der Waals surface area contributed by atoms with E-state index in [2.05, 4.69) is 34.2 Å². The maximum Gasteiger partial charge on any atom is 0.251 e. The number of amides is 2. The molecule has 2 aromatic heterocycles. The molecule has 0 aliphatic carbocycles. The summed E-state index contributed by atoms with van der Waals surface area (Å²) >= 11 is 1.70. The molecule has 0 atom stereocenters. The number of hydrogen-bond donors (Lipinski definition) is 2. The van der Waals surface area contributed by atoms with Crippen LogP contribution in [-0.2, 0) is 17.6 Å². The summed E-state index contributed by atoms with van der Waals surface area (Å²) in [7, 11) is 0. The Balaban J connectivity index is 1.59. The first-order valence-electron chi connectivity index (χ1n) is 9.06. The lowest BCUT2D eigenvalue weighted by Gasteiger charge is -2.11. The Hall–Kier alpha value is -2.93. The van der Waals surface area contributed by atoms with E-state index in [0.717, 1.165) is 17.7 Å². The van der Waals surface area contributed by atoms with E-state index < -0.39 is 0 Å². The van der Waals surface area contributed by atoms with Crippen LogP contribution in [0.4, 0.5) is 5.69 Å². The molecule has 3 aromatic rings. The second kappa shape index (κ2) is 8.84. The van der Waals surface area contributed by atoms with Crippen molar-refractivity contribution >= 4 is 28.8 Å². The average Bonchev–Trinajstić information content (AvgIpc) is 3.25. The zero-order chi connectivity index (χ0) is 20.1. The summed E-state index contributed by atoms with van der Waals surface area (Å²) in [6.07, 6.45) is 0.901. The van der Waals surface area contributed by atoms with Crippen LogP contribution in [0.3, 0.4) is 0 Å². The predicted octanol–water partition coefficient (Wildman–Crippen LogP) is 3.82. The molecule has 2 heterocycles. The number of carbonyl (C=O) groups is 2.